The highest BCUT2D eigenvalue weighted by Crippen LogP contribution is 2.33. The zero-order valence-electron chi connectivity index (χ0n) is 9.92. The molecule has 1 unspecified atom stereocenters. The largest absolute Gasteiger partial charge is 0.493 e. The van der Waals surface area contributed by atoms with E-state index in [1.54, 1.807) is 0 Å². The summed E-state index contributed by atoms with van der Waals surface area (Å²) in [4.78, 5) is 0. The molecule has 1 aromatic carbocycles. The van der Waals surface area contributed by atoms with E-state index < -0.39 is 0 Å². The molecular weight excluding hydrogens is 278 g/mol. The average molecular weight is 296 g/mol. The number of benzene rings is 1. The zero-order chi connectivity index (χ0) is 12.1. The van der Waals surface area contributed by atoms with Gasteiger partial charge in [0.1, 0.15) is 5.75 Å². The van der Waals surface area contributed by atoms with E-state index in [4.69, 9.17) is 4.74 Å². The lowest BCUT2D eigenvalue weighted by atomic mass is 10.0. The highest BCUT2D eigenvalue weighted by Gasteiger charge is 2.18. The van der Waals surface area contributed by atoms with Gasteiger partial charge in [0.25, 0.3) is 0 Å². The number of hydrogen-bond acceptors (Lipinski definition) is 2. The van der Waals surface area contributed by atoms with Crippen LogP contribution in [-0.2, 0) is 0 Å². The van der Waals surface area contributed by atoms with E-state index in [-0.39, 0.29) is 0 Å². The second kappa shape index (κ2) is 6.22. The topological polar surface area (TPSA) is 21.3 Å². The molecule has 0 spiro atoms. The second-order valence-electron chi connectivity index (χ2n) is 4.26. The fraction of sp³-hybridized carbons (Fsp3) is 0.429. The number of hydrogen-bond donors (Lipinski definition) is 1. The predicted octanol–water partition coefficient (Wildman–Crippen LogP) is 3.83. The van der Waals surface area contributed by atoms with Crippen molar-refractivity contribution in [3.8, 4) is 5.75 Å². The van der Waals surface area contributed by atoms with Gasteiger partial charge in [-0.25, -0.2) is 0 Å². The van der Waals surface area contributed by atoms with Crippen LogP contribution in [0.4, 0.5) is 0 Å². The lowest BCUT2D eigenvalue weighted by Crippen LogP contribution is -2.21. The van der Waals surface area contributed by atoms with E-state index >= 15 is 0 Å². The van der Waals surface area contributed by atoms with Gasteiger partial charge >= 0.3 is 0 Å². The lowest BCUT2D eigenvalue weighted by molar-refractivity contribution is 0.315. The summed E-state index contributed by atoms with van der Waals surface area (Å²) in [6, 6.07) is 6.69. The van der Waals surface area contributed by atoms with Gasteiger partial charge in [0, 0.05) is 16.1 Å². The monoisotopic (exact) mass is 295 g/mol. The van der Waals surface area contributed by atoms with Crippen molar-refractivity contribution >= 4 is 15.9 Å². The highest BCUT2D eigenvalue weighted by atomic mass is 79.9. The molecular formula is C14H18BrNO. The Labute approximate surface area is 111 Å². The Morgan fingerprint density at radius 1 is 1.53 bits per heavy atom. The predicted molar refractivity (Wildman–Crippen MR) is 74.4 cm³/mol. The summed E-state index contributed by atoms with van der Waals surface area (Å²) in [7, 11) is 0. The van der Waals surface area contributed by atoms with Crippen molar-refractivity contribution in [2.75, 3.05) is 13.2 Å². The van der Waals surface area contributed by atoms with Gasteiger partial charge in [0.05, 0.1) is 6.61 Å². The van der Waals surface area contributed by atoms with Crippen LogP contribution in [0.3, 0.4) is 0 Å². The summed E-state index contributed by atoms with van der Waals surface area (Å²) in [6.45, 7) is 5.53. The minimum atomic E-state index is 0.403. The molecule has 1 heterocycles. The summed E-state index contributed by atoms with van der Waals surface area (Å²) in [5.74, 6) is 1.01. The van der Waals surface area contributed by atoms with Gasteiger partial charge in [0.2, 0.25) is 0 Å². The lowest BCUT2D eigenvalue weighted by Gasteiger charge is -2.18. The summed E-state index contributed by atoms with van der Waals surface area (Å²) in [5, 5.41) is 3.57. The molecule has 92 valence electrons. The average Bonchev–Trinajstić information content (AvgIpc) is 2.52. The van der Waals surface area contributed by atoms with Crippen molar-refractivity contribution in [1.82, 2.24) is 5.32 Å². The molecule has 1 aliphatic heterocycles. The van der Waals surface area contributed by atoms with Crippen LogP contribution in [0, 0.1) is 0 Å². The van der Waals surface area contributed by atoms with Crippen LogP contribution < -0.4 is 10.1 Å². The Bertz CT molecular complexity index is 392. The third-order valence-electron chi connectivity index (χ3n) is 2.98. The van der Waals surface area contributed by atoms with Gasteiger partial charge < -0.3 is 10.1 Å². The molecule has 1 N–H and O–H groups in total. The smallest absolute Gasteiger partial charge is 0.125 e. The molecule has 17 heavy (non-hydrogen) atoms. The van der Waals surface area contributed by atoms with E-state index in [0.717, 1.165) is 42.6 Å². The van der Waals surface area contributed by atoms with Crippen LogP contribution in [0.1, 0.15) is 30.9 Å². The van der Waals surface area contributed by atoms with Crippen LogP contribution in [-0.4, -0.2) is 13.2 Å². The summed E-state index contributed by atoms with van der Waals surface area (Å²) in [5.41, 5.74) is 1.27. The summed E-state index contributed by atoms with van der Waals surface area (Å²) >= 11 is 3.49. The Balaban J connectivity index is 2.15. The van der Waals surface area contributed by atoms with Gasteiger partial charge in [0.15, 0.2) is 0 Å². The Hall–Kier alpha value is -0.800. The minimum Gasteiger partial charge on any atom is -0.493 e. The molecule has 2 nitrogen and oxygen atoms in total. The van der Waals surface area contributed by atoms with Crippen molar-refractivity contribution < 1.29 is 4.74 Å². The maximum Gasteiger partial charge on any atom is 0.125 e. The summed E-state index contributed by atoms with van der Waals surface area (Å²) in [6.07, 6.45) is 5.18. The molecule has 0 aromatic heterocycles. The third kappa shape index (κ3) is 3.33. The van der Waals surface area contributed by atoms with Gasteiger partial charge in [-0.1, -0.05) is 28.1 Å². The standard InChI is InChI=1S/C14H18BrNO/c1-2-3-8-16-13-5-4-9-17-14-10-11(15)6-7-12(13)14/h2,6-7,10,13,16H,1,3-5,8-9H2. The Morgan fingerprint density at radius 3 is 3.24 bits per heavy atom. The highest BCUT2D eigenvalue weighted by molar-refractivity contribution is 9.10. The maximum absolute atomic E-state index is 5.78. The molecule has 1 aromatic rings. The number of fused-ring (bicyclic) bond motifs is 1. The normalized spacial score (nSPS) is 19.0. The third-order valence-corrected chi connectivity index (χ3v) is 3.48. The molecule has 0 aliphatic carbocycles. The zero-order valence-corrected chi connectivity index (χ0v) is 11.5. The molecule has 0 saturated carbocycles. The van der Waals surface area contributed by atoms with Crippen molar-refractivity contribution in [1.29, 1.82) is 0 Å². The van der Waals surface area contributed by atoms with E-state index in [1.807, 2.05) is 6.08 Å². The molecule has 1 aliphatic rings. The molecule has 0 radical (unpaired) electrons. The van der Waals surface area contributed by atoms with Crippen molar-refractivity contribution in [2.45, 2.75) is 25.3 Å². The number of nitrogens with one attached hydrogen (secondary N) is 1. The van der Waals surface area contributed by atoms with Crippen LogP contribution >= 0.6 is 15.9 Å². The molecule has 0 fully saturated rings. The molecule has 0 bridgehead atoms. The van der Waals surface area contributed by atoms with E-state index in [9.17, 15) is 0 Å². The maximum atomic E-state index is 5.78. The van der Waals surface area contributed by atoms with Crippen molar-refractivity contribution in [2.24, 2.45) is 0 Å². The van der Waals surface area contributed by atoms with Crippen LogP contribution in [0.25, 0.3) is 0 Å². The Morgan fingerprint density at radius 2 is 2.41 bits per heavy atom. The molecule has 2 rings (SSSR count). The van der Waals surface area contributed by atoms with Gasteiger partial charge in [-0.2, -0.15) is 0 Å². The fourth-order valence-corrected chi connectivity index (χ4v) is 2.46. The molecule has 3 heteroatoms. The number of halogens is 1. The van der Waals surface area contributed by atoms with E-state index in [1.165, 1.54) is 5.56 Å². The van der Waals surface area contributed by atoms with Crippen molar-refractivity contribution in [3.05, 3.63) is 40.9 Å². The SMILES string of the molecule is C=CCCNC1CCCOc2cc(Br)ccc21. The first kappa shape index (κ1) is 12.7. The van der Waals surface area contributed by atoms with Crippen molar-refractivity contribution in [3.63, 3.8) is 0 Å². The second-order valence-corrected chi connectivity index (χ2v) is 5.17. The first-order valence-electron chi connectivity index (χ1n) is 6.08. The fourth-order valence-electron chi connectivity index (χ4n) is 2.12. The molecule has 1 atom stereocenters. The van der Waals surface area contributed by atoms with Gasteiger partial charge in [-0.3, -0.25) is 0 Å². The number of ether oxygens (including phenoxy) is 1. The molecule has 0 saturated heterocycles. The molecule has 0 amide bonds. The van der Waals surface area contributed by atoms with Crippen LogP contribution in [0.15, 0.2) is 35.3 Å². The number of rotatable bonds is 4. The first-order chi connectivity index (χ1) is 8.31. The van der Waals surface area contributed by atoms with Gasteiger partial charge in [-0.05, 0) is 37.9 Å². The van der Waals surface area contributed by atoms with Crippen LogP contribution in [0.5, 0.6) is 5.75 Å². The minimum absolute atomic E-state index is 0.403. The Kier molecular flexibility index (Phi) is 4.63. The first-order valence-corrected chi connectivity index (χ1v) is 6.87. The summed E-state index contributed by atoms with van der Waals surface area (Å²) < 4.78 is 6.85. The van der Waals surface area contributed by atoms with Crippen LogP contribution in [0.2, 0.25) is 0 Å². The van der Waals surface area contributed by atoms with Gasteiger partial charge in [-0.15, -0.1) is 6.58 Å². The van der Waals surface area contributed by atoms with E-state index in [2.05, 4.69) is 46.0 Å². The quantitative estimate of drug-likeness (QED) is 0.673. The van der Waals surface area contributed by atoms with E-state index in [0.29, 0.717) is 6.04 Å².